The average molecular weight is 409 g/mol. The number of halogens is 1. The molecular formula is C22H37FN4O2+2. The van der Waals surface area contributed by atoms with Gasteiger partial charge in [-0.1, -0.05) is 32.8 Å². The van der Waals surface area contributed by atoms with Crippen LogP contribution in [0.25, 0.3) is 0 Å². The lowest BCUT2D eigenvalue weighted by Gasteiger charge is -2.29. The molecule has 1 atom stereocenters. The van der Waals surface area contributed by atoms with Crippen LogP contribution in [0.3, 0.4) is 0 Å². The van der Waals surface area contributed by atoms with Crippen molar-refractivity contribution < 1.29 is 23.8 Å². The average Bonchev–Trinajstić information content (AvgIpc) is 2.63. The lowest BCUT2D eigenvalue weighted by Crippen LogP contribution is -3.28. The van der Waals surface area contributed by atoms with Crippen LogP contribution in [0.4, 0.5) is 10.1 Å². The number of carbonyl (C=O) groups excluding carboxylic acids is 2. The van der Waals surface area contributed by atoms with Gasteiger partial charge in [0, 0.05) is 11.7 Å². The quantitative estimate of drug-likeness (QED) is 0.436. The number of hydrogen-bond donors (Lipinski definition) is 4. The van der Waals surface area contributed by atoms with E-state index in [1.807, 2.05) is 0 Å². The summed E-state index contributed by atoms with van der Waals surface area (Å²) in [6.07, 6.45) is 3.37. The number of amides is 2. The van der Waals surface area contributed by atoms with E-state index < -0.39 is 0 Å². The molecule has 0 bridgehead atoms. The molecule has 0 aromatic heterocycles. The van der Waals surface area contributed by atoms with Crippen molar-refractivity contribution in [3.05, 3.63) is 30.1 Å². The molecule has 162 valence electrons. The zero-order chi connectivity index (χ0) is 21.2. The third-order valence-corrected chi connectivity index (χ3v) is 5.42. The fraction of sp³-hybridized carbons (Fsp3) is 0.636. The Morgan fingerprint density at radius 3 is 2.21 bits per heavy atom. The summed E-state index contributed by atoms with van der Waals surface area (Å²) in [5, 5.41) is 5.86. The monoisotopic (exact) mass is 408 g/mol. The van der Waals surface area contributed by atoms with Crippen molar-refractivity contribution in [1.82, 2.24) is 5.32 Å². The number of anilines is 1. The van der Waals surface area contributed by atoms with Crippen molar-refractivity contribution >= 4 is 17.5 Å². The predicted molar refractivity (Wildman–Crippen MR) is 112 cm³/mol. The molecule has 4 N–H and O–H groups in total. The van der Waals surface area contributed by atoms with Gasteiger partial charge in [0.15, 0.2) is 13.1 Å². The molecule has 2 amide bonds. The standard InChI is InChI=1S/C22H35FN4O2/c1-17(2)6-4-7-18(3)24-21(28)15-26-10-12-27(13-11-26)16-22(29)25-20-9-5-8-19(23)14-20/h5,8-9,14,17-18H,4,6-7,10-13,15-16H2,1-3H3,(H,24,28)(H,25,29)/p+2/t18-/m0/s1. The maximum Gasteiger partial charge on any atom is 0.279 e. The van der Waals surface area contributed by atoms with Crippen LogP contribution in [-0.4, -0.2) is 57.1 Å². The number of hydrogen-bond acceptors (Lipinski definition) is 2. The highest BCUT2D eigenvalue weighted by Gasteiger charge is 2.26. The Kier molecular flexibility index (Phi) is 9.54. The zero-order valence-corrected chi connectivity index (χ0v) is 18.0. The SMILES string of the molecule is CC(C)CCC[C@H](C)NC(=O)C[NH+]1CC[NH+](CC(=O)Nc2cccc(F)c2)CC1. The van der Waals surface area contributed by atoms with Gasteiger partial charge in [0.25, 0.3) is 11.8 Å². The van der Waals surface area contributed by atoms with E-state index in [1.165, 1.54) is 28.4 Å². The van der Waals surface area contributed by atoms with Crippen molar-refractivity contribution in [3.63, 3.8) is 0 Å². The summed E-state index contributed by atoms with van der Waals surface area (Å²) >= 11 is 0. The smallest absolute Gasteiger partial charge is 0.279 e. The second kappa shape index (κ2) is 11.9. The Balaban J connectivity index is 1.63. The molecule has 1 aliphatic heterocycles. The number of piperazine rings is 1. The van der Waals surface area contributed by atoms with E-state index in [0.29, 0.717) is 24.7 Å². The minimum Gasteiger partial charge on any atom is -0.349 e. The number of nitrogens with one attached hydrogen (secondary N) is 4. The van der Waals surface area contributed by atoms with Gasteiger partial charge in [-0.3, -0.25) is 9.59 Å². The molecule has 1 saturated heterocycles. The Bertz CT molecular complexity index is 660. The largest absolute Gasteiger partial charge is 0.349 e. The van der Waals surface area contributed by atoms with Crippen molar-refractivity contribution in [2.75, 3.05) is 44.6 Å². The molecule has 1 heterocycles. The molecule has 29 heavy (non-hydrogen) atoms. The number of benzene rings is 1. The van der Waals surface area contributed by atoms with Crippen LogP contribution in [0.5, 0.6) is 0 Å². The van der Waals surface area contributed by atoms with E-state index in [1.54, 1.807) is 12.1 Å². The summed E-state index contributed by atoms with van der Waals surface area (Å²) in [7, 11) is 0. The Labute approximate surface area is 173 Å². The topological polar surface area (TPSA) is 67.1 Å². The van der Waals surface area contributed by atoms with Gasteiger partial charge >= 0.3 is 0 Å². The zero-order valence-electron chi connectivity index (χ0n) is 18.0. The molecule has 0 aliphatic carbocycles. The van der Waals surface area contributed by atoms with E-state index in [2.05, 4.69) is 31.4 Å². The fourth-order valence-corrected chi connectivity index (χ4v) is 3.77. The lowest BCUT2D eigenvalue weighted by atomic mass is 10.0. The highest BCUT2D eigenvalue weighted by atomic mass is 19.1. The molecule has 0 unspecified atom stereocenters. The number of rotatable bonds is 10. The first-order chi connectivity index (χ1) is 13.8. The van der Waals surface area contributed by atoms with Crippen molar-refractivity contribution in [2.24, 2.45) is 5.92 Å². The van der Waals surface area contributed by atoms with Gasteiger partial charge < -0.3 is 20.4 Å². The predicted octanol–water partition coefficient (Wildman–Crippen LogP) is -0.121. The molecule has 0 spiro atoms. The third kappa shape index (κ3) is 9.37. The Morgan fingerprint density at radius 1 is 1.00 bits per heavy atom. The summed E-state index contributed by atoms with van der Waals surface area (Å²) in [4.78, 5) is 26.9. The molecule has 2 rings (SSSR count). The molecule has 7 heteroatoms. The normalized spacial score (nSPS) is 20.3. The molecule has 0 saturated carbocycles. The summed E-state index contributed by atoms with van der Waals surface area (Å²) < 4.78 is 13.2. The number of quaternary nitrogens is 2. The lowest BCUT2D eigenvalue weighted by molar-refractivity contribution is -1.00. The van der Waals surface area contributed by atoms with Crippen molar-refractivity contribution in [3.8, 4) is 0 Å². The van der Waals surface area contributed by atoms with Gasteiger partial charge in [0.2, 0.25) is 0 Å². The van der Waals surface area contributed by atoms with Crippen molar-refractivity contribution in [1.29, 1.82) is 0 Å². The second-order valence-electron chi connectivity index (χ2n) is 8.71. The first-order valence-electron chi connectivity index (χ1n) is 10.8. The third-order valence-electron chi connectivity index (χ3n) is 5.42. The van der Waals surface area contributed by atoms with Crippen LogP contribution >= 0.6 is 0 Å². The highest BCUT2D eigenvalue weighted by Crippen LogP contribution is 2.08. The van der Waals surface area contributed by atoms with Gasteiger partial charge in [-0.05, 0) is 37.5 Å². The molecule has 0 radical (unpaired) electrons. The van der Waals surface area contributed by atoms with E-state index in [0.717, 1.165) is 39.0 Å². The van der Waals surface area contributed by atoms with E-state index in [-0.39, 0.29) is 23.7 Å². The maximum absolute atomic E-state index is 13.2. The molecular weight excluding hydrogens is 371 g/mol. The van der Waals surface area contributed by atoms with Crippen molar-refractivity contribution in [2.45, 2.75) is 46.1 Å². The molecule has 1 fully saturated rings. The van der Waals surface area contributed by atoms with Crippen LogP contribution in [-0.2, 0) is 9.59 Å². The van der Waals surface area contributed by atoms with Gasteiger partial charge in [-0.25, -0.2) is 4.39 Å². The van der Waals surface area contributed by atoms with Gasteiger partial charge in [0.05, 0.1) is 0 Å². The van der Waals surface area contributed by atoms with Crippen LogP contribution in [0.1, 0.15) is 40.0 Å². The fourth-order valence-electron chi connectivity index (χ4n) is 3.77. The summed E-state index contributed by atoms with van der Waals surface area (Å²) in [6.45, 7) is 10.8. The summed E-state index contributed by atoms with van der Waals surface area (Å²) in [5.74, 6) is 0.350. The molecule has 1 aliphatic rings. The van der Waals surface area contributed by atoms with Gasteiger partial charge in [-0.15, -0.1) is 0 Å². The molecule has 1 aromatic rings. The second-order valence-corrected chi connectivity index (χ2v) is 8.71. The van der Waals surface area contributed by atoms with Crippen LogP contribution in [0.15, 0.2) is 24.3 Å². The minimum atomic E-state index is -0.361. The Morgan fingerprint density at radius 2 is 1.62 bits per heavy atom. The Hall–Kier alpha value is -1.99. The van der Waals surface area contributed by atoms with Gasteiger partial charge in [-0.2, -0.15) is 0 Å². The van der Waals surface area contributed by atoms with Crippen LogP contribution in [0, 0.1) is 11.7 Å². The molecule has 1 aromatic carbocycles. The van der Waals surface area contributed by atoms with Crippen LogP contribution < -0.4 is 20.4 Å². The minimum absolute atomic E-state index is 0.109. The summed E-state index contributed by atoms with van der Waals surface area (Å²) in [6, 6.07) is 6.15. The molecule has 6 nitrogen and oxygen atoms in total. The van der Waals surface area contributed by atoms with Crippen LogP contribution in [0.2, 0.25) is 0 Å². The highest BCUT2D eigenvalue weighted by molar-refractivity contribution is 5.91. The first kappa shape index (κ1) is 23.3. The van der Waals surface area contributed by atoms with E-state index in [9.17, 15) is 14.0 Å². The number of carbonyl (C=O) groups is 2. The first-order valence-corrected chi connectivity index (χ1v) is 10.8. The van der Waals surface area contributed by atoms with E-state index in [4.69, 9.17) is 0 Å². The summed E-state index contributed by atoms with van der Waals surface area (Å²) in [5.41, 5.74) is 0.484. The van der Waals surface area contributed by atoms with E-state index >= 15 is 0 Å². The van der Waals surface area contributed by atoms with Gasteiger partial charge in [0.1, 0.15) is 32.0 Å². The maximum atomic E-state index is 13.2.